The minimum absolute atomic E-state index is 0.314. The van der Waals surface area contributed by atoms with Gasteiger partial charge in [0.1, 0.15) is 0 Å². The summed E-state index contributed by atoms with van der Waals surface area (Å²) < 4.78 is 5.41. The molecule has 0 atom stereocenters. The molecule has 0 saturated carbocycles. The Balaban J connectivity index is 1.48. The molecule has 190 valence electrons. The van der Waals surface area contributed by atoms with Gasteiger partial charge in [-0.3, -0.25) is 0 Å². The molecule has 1 saturated heterocycles. The van der Waals surface area contributed by atoms with Gasteiger partial charge in [-0.25, -0.2) is 0 Å². The van der Waals surface area contributed by atoms with E-state index in [0.717, 1.165) is 18.1 Å². The van der Waals surface area contributed by atoms with Gasteiger partial charge in [-0.2, -0.15) is 0 Å². The van der Waals surface area contributed by atoms with Crippen molar-refractivity contribution in [2.45, 2.75) is 44.9 Å². The number of hydrogen-bond acceptors (Lipinski definition) is 3. The predicted molar refractivity (Wildman–Crippen MR) is 164 cm³/mol. The number of rotatable bonds is 2. The summed E-state index contributed by atoms with van der Waals surface area (Å²) in [6.07, 6.45) is 8.87. The number of piperidine rings is 1. The molecule has 4 aliphatic heterocycles. The van der Waals surface area contributed by atoms with Gasteiger partial charge in [-0.05, 0) is 0 Å². The van der Waals surface area contributed by atoms with E-state index < -0.39 is 0 Å². The quantitative estimate of drug-likeness (QED) is 0.130. The molecule has 37 heavy (non-hydrogen) atoms. The van der Waals surface area contributed by atoms with Crippen molar-refractivity contribution in [3.8, 4) is 20.4 Å². The fourth-order valence-corrected chi connectivity index (χ4v) is 10.7. The Morgan fingerprint density at radius 3 is 2.54 bits per heavy atom. The molecule has 0 N–H and O–H groups in total. The number of fused-ring (bicyclic) bond motifs is 3. The zero-order valence-corrected chi connectivity index (χ0v) is 25.2. The minimum atomic E-state index is 0.314. The fourth-order valence-electron chi connectivity index (χ4n) is 6.57. The van der Waals surface area contributed by atoms with Crippen LogP contribution in [-0.4, -0.2) is 64.7 Å². The number of anilines is 1. The molecule has 2 aromatic rings. The molecule has 6 heteroatoms. The van der Waals surface area contributed by atoms with Crippen LogP contribution in [0.2, 0.25) is 0 Å². The van der Waals surface area contributed by atoms with Gasteiger partial charge < -0.3 is 0 Å². The average Bonchev–Trinajstić information content (AvgIpc) is 3.42. The van der Waals surface area contributed by atoms with E-state index in [1.807, 2.05) is 11.3 Å². The summed E-state index contributed by atoms with van der Waals surface area (Å²) in [5.41, 5.74) is 7.73. The molecular formula is C31H34N3S2Se+. The third-order valence-electron chi connectivity index (χ3n) is 8.41. The first-order chi connectivity index (χ1) is 18.1. The van der Waals surface area contributed by atoms with Crippen LogP contribution < -0.4 is 14.8 Å². The molecule has 3 nitrogen and oxygen atoms in total. The Bertz CT molecular complexity index is 1570. The van der Waals surface area contributed by atoms with E-state index in [0.29, 0.717) is 14.5 Å². The Morgan fingerprint density at radius 2 is 1.73 bits per heavy atom. The van der Waals surface area contributed by atoms with Crippen LogP contribution in [-0.2, 0) is 12.8 Å². The second-order valence-electron chi connectivity index (χ2n) is 11.0. The maximum atomic E-state index is 6.02. The fraction of sp³-hybridized carbons (Fsp3) is 0.419. The summed E-state index contributed by atoms with van der Waals surface area (Å²) in [7, 11) is 4.31. The second-order valence-corrected chi connectivity index (χ2v) is 14.7. The molecule has 7 rings (SSSR count). The first-order valence-corrected chi connectivity index (χ1v) is 16.7. The van der Waals surface area contributed by atoms with Crippen molar-refractivity contribution < 1.29 is 0 Å². The molecular weight excluding hydrogens is 557 g/mol. The number of hydrogen-bond donors (Lipinski definition) is 0. The van der Waals surface area contributed by atoms with E-state index in [4.69, 9.17) is 12.2 Å². The maximum absolute atomic E-state index is 6.02. The van der Waals surface area contributed by atoms with Crippen molar-refractivity contribution >= 4 is 58.4 Å². The van der Waals surface area contributed by atoms with Crippen LogP contribution >= 0.6 is 23.6 Å². The second kappa shape index (κ2) is 9.64. The number of likely N-dealkylation sites (tertiary alicyclic amines) is 1. The zero-order valence-electron chi connectivity index (χ0n) is 21.8. The van der Waals surface area contributed by atoms with E-state index >= 15 is 0 Å². The van der Waals surface area contributed by atoms with Crippen molar-refractivity contribution in [3.05, 3.63) is 57.8 Å². The van der Waals surface area contributed by atoms with E-state index in [9.17, 15) is 0 Å². The molecule has 1 aliphatic carbocycles. The Kier molecular flexibility index (Phi) is 6.28. The van der Waals surface area contributed by atoms with Gasteiger partial charge in [0.25, 0.3) is 0 Å². The SMILES string of the molecule is C[N+](C)=c1ccc2c(-c3ccc(C(=S)N4CCCCC4)s3)c3cc4c5c(c3[se]c-2c1)CCCN5CCC4. The monoisotopic (exact) mass is 592 g/mol. The third-order valence-corrected chi connectivity index (χ3v) is 12.7. The molecule has 0 bridgehead atoms. The summed E-state index contributed by atoms with van der Waals surface area (Å²) in [6.45, 7) is 4.67. The van der Waals surface area contributed by atoms with E-state index in [-0.39, 0.29) is 0 Å². The van der Waals surface area contributed by atoms with Gasteiger partial charge in [0.15, 0.2) is 0 Å². The number of aryl methyl sites for hydroxylation is 2. The van der Waals surface area contributed by atoms with Crippen LogP contribution in [0.15, 0.2) is 36.4 Å². The van der Waals surface area contributed by atoms with Crippen molar-refractivity contribution in [1.29, 1.82) is 0 Å². The van der Waals surface area contributed by atoms with Crippen molar-refractivity contribution in [3.63, 3.8) is 0 Å². The molecule has 0 unspecified atom stereocenters. The van der Waals surface area contributed by atoms with Crippen LogP contribution in [0.4, 0.5) is 5.69 Å². The summed E-state index contributed by atoms with van der Waals surface area (Å²) in [6, 6.07) is 14.4. The molecule has 0 amide bonds. The van der Waals surface area contributed by atoms with Gasteiger partial charge in [-0.15, -0.1) is 0 Å². The Hall–Kier alpha value is -1.98. The summed E-state index contributed by atoms with van der Waals surface area (Å²) >= 11 is 8.24. The first kappa shape index (κ1) is 24.1. The molecule has 5 heterocycles. The van der Waals surface area contributed by atoms with E-state index in [1.165, 1.54) is 94.1 Å². The van der Waals surface area contributed by atoms with Gasteiger partial charge in [0.2, 0.25) is 0 Å². The van der Waals surface area contributed by atoms with Crippen LogP contribution in [0.5, 0.6) is 0 Å². The topological polar surface area (TPSA) is 9.49 Å². The summed E-state index contributed by atoms with van der Waals surface area (Å²) in [4.78, 5) is 8.81. The number of thiophene rings is 1. The van der Waals surface area contributed by atoms with Crippen LogP contribution in [0.1, 0.15) is 48.1 Å². The van der Waals surface area contributed by atoms with Crippen molar-refractivity contribution in [1.82, 2.24) is 9.48 Å². The number of benzene rings is 2. The molecule has 0 spiro atoms. The summed E-state index contributed by atoms with van der Waals surface area (Å²) in [5, 5.41) is 2.81. The Labute approximate surface area is 235 Å². The van der Waals surface area contributed by atoms with Crippen molar-refractivity contribution in [2.24, 2.45) is 0 Å². The predicted octanol–water partition coefficient (Wildman–Crippen LogP) is 5.62. The summed E-state index contributed by atoms with van der Waals surface area (Å²) in [5.74, 6) is 0. The third kappa shape index (κ3) is 4.12. The standard InChI is InChI=1S/C31H34N3S2Se/c1-32(2)21-10-11-22-27(19-21)37-30-23-9-7-17-33-16-6-8-20(29(23)33)18-24(30)28(22)25-12-13-26(36-25)31(35)34-14-4-3-5-15-34/h10-13,18-19H,3-9,14-17H2,1-2H3/q+1. The van der Waals surface area contributed by atoms with E-state index in [1.54, 1.807) is 21.1 Å². The molecule has 1 aromatic heterocycles. The molecule has 0 radical (unpaired) electrons. The first-order valence-electron chi connectivity index (χ1n) is 13.8. The van der Waals surface area contributed by atoms with Crippen LogP contribution in [0, 0.1) is 0 Å². The van der Waals surface area contributed by atoms with Crippen LogP contribution in [0.3, 0.4) is 0 Å². The van der Waals surface area contributed by atoms with Gasteiger partial charge in [0, 0.05) is 0 Å². The average molecular weight is 592 g/mol. The van der Waals surface area contributed by atoms with Gasteiger partial charge in [-0.1, -0.05) is 0 Å². The number of nitrogens with zero attached hydrogens (tertiary/aromatic N) is 3. The molecule has 5 aliphatic rings. The van der Waals surface area contributed by atoms with Gasteiger partial charge in [0.05, 0.1) is 0 Å². The number of thiocarbonyl (C=S) groups is 1. The van der Waals surface area contributed by atoms with E-state index in [2.05, 4.69) is 64.9 Å². The molecule has 1 fully saturated rings. The Morgan fingerprint density at radius 1 is 0.919 bits per heavy atom. The van der Waals surface area contributed by atoms with Crippen molar-refractivity contribution in [2.75, 3.05) is 45.2 Å². The molecule has 1 aromatic carbocycles. The normalized spacial score (nSPS) is 17.4. The van der Waals surface area contributed by atoms with Gasteiger partial charge >= 0.3 is 236 Å². The van der Waals surface area contributed by atoms with Crippen LogP contribution in [0.25, 0.3) is 30.1 Å². The zero-order chi connectivity index (χ0) is 25.1.